The molecular formula is C12H21N6O4P. The molecule has 0 radical (unpaired) electrons. The number of imidazole rings is 1. The molecule has 2 aromatic rings. The van der Waals surface area contributed by atoms with E-state index in [1.165, 1.54) is 6.33 Å². The van der Waals surface area contributed by atoms with Gasteiger partial charge in [0.05, 0.1) is 19.5 Å². The van der Waals surface area contributed by atoms with Crippen LogP contribution in [0.3, 0.4) is 0 Å². The van der Waals surface area contributed by atoms with E-state index < -0.39 is 7.60 Å². The van der Waals surface area contributed by atoms with Crippen LogP contribution in [0.5, 0.6) is 0 Å². The van der Waals surface area contributed by atoms with E-state index in [-0.39, 0.29) is 19.6 Å². The predicted octanol–water partition coefficient (Wildman–Crippen LogP) is 0.146. The molecule has 128 valence electrons. The molecule has 23 heavy (non-hydrogen) atoms. The maximum Gasteiger partial charge on any atom is 0.353 e. The van der Waals surface area contributed by atoms with E-state index in [4.69, 9.17) is 15.0 Å². The molecule has 0 amide bonds. The maximum atomic E-state index is 11.7. The molecular weight excluding hydrogens is 323 g/mol. The Morgan fingerprint density at radius 3 is 2.87 bits per heavy atom. The Kier molecular flexibility index (Phi) is 6.03. The van der Waals surface area contributed by atoms with Gasteiger partial charge in [-0.2, -0.15) is 0 Å². The highest BCUT2D eigenvalue weighted by Gasteiger charge is 2.19. The number of ether oxygens (including phenoxy) is 1. The molecule has 1 atom stereocenters. The Bertz CT molecular complexity index is 691. The SMILES string of the molecule is CN(C)CCOP(=O)(O)COCCn1cnc2c(N)ncnc21. The Hall–Kier alpha value is -1.58. The highest BCUT2D eigenvalue weighted by Crippen LogP contribution is 2.41. The third-order valence-corrected chi connectivity index (χ3v) is 4.09. The number of rotatable bonds is 9. The van der Waals surface area contributed by atoms with E-state index >= 15 is 0 Å². The van der Waals surface area contributed by atoms with Crippen LogP contribution < -0.4 is 5.73 Å². The highest BCUT2D eigenvalue weighted by atomic mass is 31.2. The van der Waals surface area contributed by atoms with E-state index in [0.29, 0.717) is 30.1 Å². The van der Waals surface area contributed by atoms with Crippen LogP contribution in [0.1, 0.15) is 0 Å². The standard InChI is InChI=1S/C12H21N6O4P/c1-17(2)3-6-22-23(19,20)9-21-5-4-18-8-16-10-11(13)14-7-15-12(10)18/h7-8H,3-6,9H2,1-2H3,(H,19,20)(H2,13,14,15). The van der Waals surface area contributed by atoms with Gasteiger partial charge in [0.15, 0.2) is 11.5 Å². The van der Waals surface area contributed by atoms with Crippen molar-refractivity contribution < 1.29 is 18.7 Å². The Morgan fingerprint density at radius 2 is 2.13 bits per heavy atom. The lowest BCUT2D eigenvalue weighted by Crippen LogP contribution is -2.18. The van der Waals surface area contributed by atoms with E-state index in [2.05, 4.69) is 15.0 Å². The summed E-state index contributed by atoms with van der Waals surface area (Å²) >= 11 is 0. The summed E-state index contributed by atoms with van der Waals surface area (Å²) in [6.45, 7) is 1.38. The summed E-state index contributed by atoms with van der Waals surface area (Å²) in [5, 5.41) is 0. The van der Waals surface area contributed by atoms with Gasteiger partial charge in [0, 0.05) is 13.1 Å². The van der Waals surface area contributed by atoms with Gasteiger partial charge in [-0.25, -0.2) is 15.0 Å². The summed E-state index contributed by atoms with van der Waals surface area (Å²) < 4.78 is 23.7. The zero-order valence-corrected chi connectivity index (χ0v) is 14.0. The second-order valence-corrected chi connectivity index (χ2v) is 6.97. The summed E-state index contributed by atoms with van der Waals surface area (Å²) in [7, 11) is -0.0204. The van der Waals surface area contributed by atoms with Crippen molar-refractivity contribution in [2.24, 2.45) is 0 Å². The lowest BCUT2D eigenvalue weighted by molar-refractivity contribution is 0.135. The number of aromatic nitrogens is 4. The maximum absolute atomic E-state index is 11.7. The summed E-state index contributed by atoms with van der Waals surface area (Å²) in [4.78, 5) is 23.6. The predicted molar refractivity (Wildman–Crippen MR) is 84.9 cm³/mol. The number of hydrogen-bond donors (Lipinski definition) is 2. The number of fused-ring (bicyclic) bond motifs is 1. The molecule has 0 saturated heterocycles. The van der Waals surface area contributed by atoms with Crippen LogP contribution in [0.15, 0.2) is 12.7 Å². The van der Waals surface area contributed by atoms with Crippen molar-refractivity contribution in [1.29, 1.82) is 0 Å². The van der Waals surface area contributed by atoms with Crippen LogP contribution >= 0.6 is 7.60 Å². The minimum atomic E-state index is -3.73. The molecule has 2 aromatic heterocycles. The quantitative estimate of drug-likeness (QED) is 0.482. The van der Waals surface area contributed by atoms with Gasteiger partial charge in [0.25, 0.3) is 0 Å². The average molecular weight is 344 g/mol. The average Bonchev–Trinajstić information content (AvgIpc) is 2.88. The summed E-state index contributed by atoms with van der Waals surface area (Å²) in [6.07, 6.45) is 2.58. The summed E-state index contributed by atoms with van der Waals surface area (Å²) in [5.41, 5.74) is 6.81. The van der Waals surface area contributed by atoms with Crippen molar-refractivity contribution in [3.05, 3.63) is 12.7 Å². The first-order chi connectivity index (χ1) is 10.9. The van der Waals surface area contributed by atoms with Crippen LogP contribution in [-0.2, 0) is 20.4 Å². The van der Waals surface area contributed by atoms with Crippen molar-refractivity contribution in [2.75, 3.05) is 45.9 Å². The van der Waals surface area contributed by atoms with E-state index in [0.717, 1.165) is 0 Å². The molecule has 0 aliphatic heterocycles. The summed E-state index contributed by atoms with van der Waals surface area (Å²) in [5.74, 6) is 0.309. The van der Waals surface area contributed by atoms with Crippen LogP contribution in [-0.4, -0.2) is 69.5 Å². The second-order valence-electron chi connectivity index (χ2n) is 5.18. The molecule has 0 spiro atoms. The number of nitrogen functional groups attached to an aromatic ring is 1. The fraction of sp³-hybridized carbons (Fsp3) is 0.583. The molecule has 10 nitrogen and oxygen atoms in total. The van der Waals surface area contributed by atoms with Gasteiger partial charge < -0.3 is 29.4 Å². The first-order valence-corrected chi connectivity index (χ1v) is 8.75. The van der Waals surface area contributed by atoms with Gasteiger partial charge in [-0.3, -0.25) is 4.57 Å². The van der Waals surface area contributed by atoms with Crippen molar-refractivity contribution in [3.8, 4) is 0 Å². The lowest BCUT2D eigenvalue weighted by atomic mass is 10.5. The monoisotopic (exact) mass is 344 g/mol. The Morgan fingerprint density at radius 1 is 1.35 bits per heavy atom. The van der Waals surface area contributed by atoms with E-state index in [9.17, 15) is 9.46 Å². The molecule has 0 bridgehead atoms. The lowest BCUT2D eigenvalue weighted by Gasteiger charge is -2.14. The van der Waals surface area contributed by atoms with E-state index in [1.54, 1.807) is 10.9 Å². The van der Waals surface area contributed by atoms with Crippen LogP contribution in [0.2, 0.25) is 0 Å². The largest absolute Gasteiger partial charge is 0.382 e. The molecule has 11 heteroatoms. The van der Waals surface area contributed by atoms with E-state index in [1.807, 2.05) is 19.0 Å². The topological polar surface area (TPSA) is 129 Å². The molecule has 2 rings (SSSR count). The molecule has 0 aliphatic carbocycles. The molecule has 0 saturated carbocycles. The smallest absolute Gasteiger partial charge is 0.353 e. The molecule has 0 fully saturated rings. The van der Waals surface area contributed by atoms with Gasteiger partial charge in [-0.1, -0.05) is 0 Å². The zero-order valence-electron chi connectivity index (χ0n) is 13.1. The number of likely N-dealkylation sites (N-methyl/N-ethyl adjacent to an activating group) is 1. The third kappa shape index (κ3) is 5.22. The van der Waals surface area contributed by atoms with Crippen LogP contribution in [0.4, 0.5) is 5.82 Å². The number of nitrogens with two attached hydrogens (primary N) is 1. The second kappa shape index (κ2) is 7.80. The first kappa shape index (κ1) is 17.8. The van der Waals surface area contributed by atoms with Gasteiger partial charge in [-0.15, -0.1) is 0 Å². The molecule has 0 aliphatic rings. The van der Waals surface area contributed by atoms with Gasteiger partial charge in [-0.05, 0) is 14.1 Å². The third-order valence-electron chi connectivity index (χ3n) is 2.99. The highest BCUT2D eigenvalue weighted by molar-refractivity contribution is 7.52. The number of nitrogens with zero attached hydrogens (tertiary/aromatic N) is 5. The first-order valence-electron chi connectivity index (χ1n) is 6.99. The normalized spacial score (nSPS) is 14.4. The molecule has 3 N–H and O–H groups in total. The van der Waals surface area contributed by atoms with Crippen molar-refractivity contribution in [2.45, 2.75) is 6.54 Å². The Balaban J connectivity index is 1.78. The zero-order chi connectivity index (χ0) is 16.9. The van der Waals surface area contributed by atoms with Gasteiger partial charge in [0.2, 0.25) is 0 Å². The molecule has 2 heterocycles. The van der Waals surface area contributed by atoms with Crippen LogP contribution in [0, 0.1) is 0 Å². The van der Waals surface area contributed by atoms with Crippen LogP contribution in [0.25, 0.3) is 11.2 Å². The number of hydrogen-bond acceptors (Lipinski definition) is 8. The molecule has 1 unspecified atom stereocenters. The number of anilines is 1. The minimum absolute atomic E-state index is 0.173. The summed E-state index contributed by atoms with van der Waals surface area (Å²) in [6, 6.07) is 0. The van der Waals surface area contributed by atoms with Crippen molar-refractivity contribution in [1.82, 2.24) is 24.4 Å². The minimum Gasteiger partial charge on any atom is -0.382 e. The fourth-order valence-electron chi connectivity index (χ4n) is 1.81. The van der Waals surface area contributed by atoms with Gasteiger partial charge in [0.1, 0.15) is 18.2 Å². The Labute approximate surface area is 133 Å². The van der Waals surface area contributed by atoms with Gasteiger partial charge >= 0.3 is 7.60 Å². The fourth-order valence-corrected chi connectivity index (χ4v) is 2.61. The van der Waals surface area contributed by atoms with Crippen molar-refractivity contribution in [3.63, 3.8) is 0 Å². The van der Waals surface area contributed by atoms with Crippen molar-refractivity contribution >= 4 is 24.6 Å². The molecule has 0 aromatic carbocycles.